The topological polar surface area (TPSA) is 81.9 Å². The molecule has 10 heteroatoms. The summed E-state index contributed by atoms with van der Waals surface area (Å²) in [6.45, 7) is 6.62. The Balaban J connectivity index is 1.72. The molecule has 3 aromatic rings. The largest absolute Gasteiger partial charge is 0.480 e. The highest BCUT2D eigenvalue weighted by atomic mass is 32.2. The Morgan fingerprint density at radius 3 is 2.79 bits per heavy atom. The van der Waals surface area contributed by atoms with Crippen molar-refractivity contribution in [3.63, 3.8) is 0 Å². The zero-order valence-corrected chi connectivity index (χ0v) is 18.0. The van der Waals surface area contributed by atoms with Crippen LogP contribution in [0.1, 0.15) is 32.7 Å². The molecule has 2 aromatic heterocycles. The van der Waals surface area contributed by atoms with Crippen LogP contribution in [0.3, 0.4) is 0 Å². The van der Waals surface area contributed by atoms with Gasteiger partial charge in [0.15, 0.2) is 33.8 Å². The van der Waals surface area contributed by atoms with Crippen LogP contribution >= 0.6 is 23.1 Å². The van der Waals surface area contributed by atoms with Crippen LogP contribution in [0.4, 0.5) is 9.52 Å². The number of benzene rings is 1. The summed E-state index contributed by atoms with van der Waals surface area (Å²) in [5.41, 5.74) is 0. The zero-order valence-electron chi connectivity index (χ0n) is 16.3. The fourth-order valence-corrected chi connectivity index (χ4v) is 3.90. The van der Waals surface area contributed by atoms with Gasteiger partial charge in [0, 0.05) is 18.1 Å². The maximum atomic E-state index is 13.9. The van der Waals surface area contributed by atoms with E-state index in [2.05, 4.69) is 34.3 Å². The number of thioether (sulfide) groups is 1. The lowest BCUT2D eigenvalue weighted by Gasteiger charge is -2.18. The average molecular weight is 436 g/mol. The van der Waals surface area contributed by atoms with Gasteiger partial charge in [0.2, 0.25) is 5.91 Å². The highest BCUT2D eigenvalue weighted by molar-refractivity contribution is 7.99. The Morgan fingerprint density at radius 1 is 1.31 bits per heavy atom. The summed E-state index contributed by atoms with van der Waals surface area (Å²) in [7, 11) is 0. The van der Waals surface area contributed by atoms with Crippen LogP contribution in [-0.4, -0.2) is 31.4 Å². The van der Waals surface area contributed by atoms with E-state index >= 15 is 0 Å². The van der Waals surface area contributed by atoms with Crippen molar-refractivity contribution in [2.75, 3.05) is 11.1 Å². The van der Waals surface area contributed by atoms with Crippen LogP contribution in [0.2, 0.25) is 0 Å². The van der Waals surface area contributed by atoms with Crippen molar-refractivity contribution in [1.29, 1.82) is 0 Å². The molecular formula is C19H22FN5O2S2. The Bertz CT molecular complexity index is 946. The van der Waals surface area contributed by atoms with E-state index in [1.165, 1.54) is 29.2 Å². The molecule has 1 N–H and O–H groups in total. The molecule has 1 aromatic carbocycles. The number of nitrogens with one attached hydrogen (secondary N) is 1. The summed E-state index contributed by atoms with van der Waals surface area (Å²) in [6, 6.07) is 6.25. The van der Waals surface area contributed by atoms with Gasteiger partial charge in [-0.3, -0.25) is 4.79 Å². The lowest BCUT2D eigenvalue weighted by molar-refractivity contribution is -0.113. The van der Waals surface area contributed by atoms with E-state index in [0.29, 0.717) is 28.6 Å². The Hall–Kier alpha value is -2.46. The SMILES string of the molecule is CC(C)Cn1c(SCC(=O)Nc2nccs2)nnc1C(C)Oc1ccccc1F. The lowest BCUT2D eigenvalue weighted by atomic mass is 10.2. The van der Waals surface area contributed by atoms with Gasteiger partial charge < -0.3 is 14.6 Å². The molecule has 0 fully saturated rings. The highest BCUT2D eigenvalue weighted by Gasteiger charge is 2.22. The molecule has 0 saturated heterocycles. The third kappa shape index (κ3) is 5.77. The van der Waals surface area contributed by atoms with Crippen molar-refractivity contribution >= 4 is 34.1 Å². The fourth-order valence-electron chi connectivity index (χ4n) is 2.60. The van der Waals surface area contributed by atoms with Gasteiger partial charge >= 0.3 is 0 Å². The van der Waals surface area contributed by atoms with Gasteiger partial charge in [-0.15, -0.1) is 21.5 Å². The Labute approximate surface area is 176 Å². The molecule has 7 nitrogen and oxygen atoms in total. The molecule has 0 radical (unpaired) electrons. The van der Waals surface area contributed by atoms with Gasteiger partial charge in [-0.05, 0) is 25.0 Å². The van der Waals surface area contributed by atoms with Crippen LogP contribution in [0, 0.1) is 11.7 Å². The Morgan fingerprint density at radius 2 is 2.10 bits per heavy atom. The van der Waals surface area contributed by atoms with Crippen molar-refractivity contribution in [2.24, 2.45) is 5.92 Å². The fraction of sp³-hybridized carbons (Fsp3) is 0.368. The number of amides is 1. The third-order valence-electron chi connectivity index (χ3n) is 3.81. The minimum absolute atomic E-state index is 0.163. The Kier molecular flexibility index (Phi) is 7.21. The van der Waals surface area contributed by atoms with Crippen molar-refractivity contribution < 1.29 is 13.9 Å². The molecule has 2 heterocycles. The van der Waals surface area contributed by atoms with Crippen molar-refractivity contribution in [1.82, 2.24) is 19.7 Å². The number of hydrogen-bond acceptors (Lipinski definition) is 7. The van der Waals surface area contributed by atoms with Crippen LogP contribution < -0.4 is 10.1 Å². The minimum atomic E-state index is -0.503. The summed E-state index contributed by atoms with van der Waals surface area (Å²) in [6.07, 6.45) is 1.13. The molecule has 154 valence electrons. The standard InChI is InChI=1S/C19H22FN5O2S2/c1-12(2)10-25-17(13(3)27-15-7-5-4-6-14(15)20)23-24-19(25)29-11-16(26)22-18-21-8-9-28-18/h4-9,12-13H,10-11H2,1-3H3,(H,21,22,26). The first-order valence-corrected chi connectivity index (χ1v) is 11.0. The van der Waals surface area contributed by atoms with Gasteiger partial charge in [0.05, 0.1) is 5.75 Å². The zero-order chi connectivity index (χ0) is 20.8. The maximum absolute atomic E-state index is 13.9. The third-order valence-corrected chi connectivity index (χ3v) is 5.46. The predicted molar refractivity (Wildman–Crippen MR) is 112 cm³/mol. The van der Waals surface area contributed by atoms with E-state index < -0.39 is 11.9 Å². The molecule has 0 aliphatic carbocycles. The molecule has 3 rings (SSSR count). The number of aromatic nitrogens is 4. The summed E-state index contributed by atoms with van der Waals surface area (Å²) in [4.78, 5) is 16.2. The molecule has 1 amide bonds. The van der Waals surface area contributed by atoms with Crippen LogP contribution in [-0.2, 0) is 11.3 Å². The highest BCUT2D eigenvalue weighted by Crippen LogP contribution is 2.27. The number of para-hydroxylation sites is 1. The maximum Gasteiger partial charge on any atom is 0.236 e. The number of halogens is 1. The number of hydrogen-bond donors (Lipinski definition) is 1. The number of carbonyl (C=O) groups is 1. The molecule has 0 aliphatic rings. The first kappa shape index (κ1) is 21.3. The van der Waals surface area contributed by atoms with E-state index in [-0.39, 0.29) is 17.4 Å². The summed E-state index contributed by atoms with van der Waals surface area (Å²) in [5, 5.41) is 14.2. The van der Waals surface area contributed by atoms with E-state index in [1.807, 2.05) is 4.57 Å². The molecule has 0 aliphatic heterocycles. The number of thiazole rings is 1. The van der Waals surface area contributed by atoms with Crippen molar-refractivity contribution in [3.05, 3.63) is 47.5 Å². The minimum Gasteiger partial charge on any atom is -0.480 e. The second-order valence-electron chi connectivity index (χ2n) is 6.71. The quantitative estimate of drug-likeness (QED) is 0.502. The van der Waals surface area contributed by atoms with E-state index in [1.54, 1.807) is 36.7 Å². The summed E-state index contributed by atoms with van der Waals surface area (Å²) in [5.74, 6) is 0.664. The van der Waals surface area contributed by atoms with E-state index in [9.17, 15) is 9.18 Å². The van der Waals surface area contributed by atoms with Crippen molar-refractivity contribution in [3.8, 4) is 5.75 Å². The van der Waals surface area contributed by atoms with Gasteiger partial charge in [-0.2, -0.15) is 0 Å². The predicted octanol–water partition coefficient (Wildman–Crippen LogP) is 4.40. The molecule has 1 unspecified atom stereocenters. The lowest BCUT2D eigenvalue weighted by Crippen LogP contribution is -2.17. The van der Waals surface area contributed by atoms with Gasteiger partial charge in [0.25, 0.3) is 0 Å². The van der Waals surface area contributed by atoms with Crippen LogP contribution in [0.25, 0.3) is 0 Å². The summed E-state index contributed by atoms with van der Waals surface area (Å²) >= 11 is 2.65. The normalized spacial score (nSPS) is 12.2. The molecular weight excluding hydrogens is 413 g/mol. The molecule has 0 spiro atoms. The second-order valence-corrected chi connectivity index (χ2v) is 8.55. The van der Waals surface area contributed by atoms with E-state index in [4.69, 9.17) is 4.74 Å². The van der Waals surface area contributed by atoms with Crippen molar-refractivity contribution in [2.45, 2.75) is 38.6 Å². The van der Waals surface area contributed by atoms with Crippen LogP contribution in [0.15, 0.2) is 41.0 Å². The second kappa shape index (κ2) is 9.84. The number of rotatable bonds is 9. The first-order valence-electron chi connectivity index (χ1n) is 9.10. The molecule has 29 heavy (non-hydrogen) atoms. The number of ether oxygens (including phenoxy) is 1. The molecule has 1 atom stereocenters. The molecule has 0 bridgehead atoms. The van der Waals surface area contributed by atoms with Gasteiger partial charge in [-0.25, -0.2) is 9.37 Å². The smallest absolute Gasteiger partial charge is 0.236 e. The van der Waals surface area contributed by atoms with E-state index in [0.717, 1.165) is 0 Å². The summed E-state index contributed by atoms with van der Waals surface area (Å²) < 4.78 is 21.6. The average Bonchev–Trinajstić information content (AvgIpc) is 3.31. The number of nitrogens with zero attached hydrogens (tertiary/aromatic N) is 4. The van der Waals surface area contributed by atoms with Gasteiger partial charge in [0.1, 0.15) is 0 Å². The number of carbonyl (C=O) groups excluding carboxylic acids is 1. The monoisotopic (exact) mass is 435 g/mol. The number of anilines is 1. The molecule has 0 saturated carbocycles. The van der Waals surface area contributed by atoms with Crippen LogP contribution in [0.5, 0.6) is 5.75 Å². The first-order chi connectivity index (χ1) is 13.9. The van der Waals surface area contributed by atoms with Gasteiger partial charge in [-0.1, -0.05) is 37.7 Å².